The summed E-state index contributed by atoms with van der Waals surface area (Å²) in [6, 6.07) is 1.67. The van der Waals surface area contributed by atoms with E-state index in [1.165, 1.54) is 7.11 Å². The van der Waals surface area contributed by atoms with Crippen LogP contribution in [0.1, 0.15) is 24.2 Å². The van der Waals surface area contributed by atoms with Crippen molar-refractivity contribution in [3.63, 3.8) is 0 Å². The molecule has 20 heavy (non-hydrogen) atoms. The standard InChI is InChI=1S/C14H21N3O3/c1-14(2)9-17(8-10(6-15)20-14)13(18)11-4-5-16-7-12(11)19-3/h4-5,7,10H,6,8-9,15H2,1-3H3. The van der Waals surface area contributed by atoms with Gasteiger partial charge in [0.15, 0.2) is 0 Å². The summed E-state index contributed by atoms with van der Waals surface area (Å²) < 4.78 is 11.0. The van der Waals surface area contributed by atoms with Crippen LogP contribution in [0.5, 0.6) is 5.75 Å². The normalized spacial score (nSPS) is 21.6. The molecule has 1 unspecified atom stereocenters. The number of carbonyl (C=O) groups is 1. The van der Waals surface area contributed by atoms with Crippen molar-refractivity contribution in [1.29, 1.82) is 0 Å². The van der Waals surface area contributed by atoms with Crippen molar-refractivity contribution in [2.24, 2.45) is 5.73 Å². The van der Waals surface area contributed by atoms with E-state index in [-0.39, 0.29) is 12.0 Å². The third kappa shape index (κ3) is 3.08. The average Bonchev–Trinajstić information content (AvgIpc) is 2.44. The zero-order chi connectivity index (χ0) is 14.8. The van der Waals surface area contributed by atoms with Gasteiger partial charge in [-0.05, 0) is 19.9 Å². The van der Waals surface area contributed by atoms with Crippen molar-refractivity contribution < 1.29 is 14.3 Å². The first-order chi connectivity index (χ1) is 9.46. The number of nitrogens with zero attached hydrogens (tertiary/aromatic N) is 2. The first-order valence-electron chi connectivity index (χ1n) is 6.62. The molecule has 1 aliphatic heterocycles. The average molecular weight is 279 g/mol. The number of nitrogens with two attached hydrogens (primary N) is 1. The summed E-state index contributed by atoms with van der Waals surface area (Å²) in [4.78, 5) is 18.4. The molecule has 0 aliphatic carbocycles. The van der Waals surface area contributed by atoms with Gasteiger partial charge in [0.2, 0.25) is 0 Å². The highest BCUT2D eigenvalue weighted by Crippen LogP contribution is 2.24. The number of morpholine rings is 1. The minimum Gasteiger partial charge on any atom is -0.494 e. The van der Waals surface area contributed by atoms with Crippen LogP contribution in [0.3, 0.4) is 0 Å². The Hall–Kier alpha value is -1.66. The lowest BCUT2D eigenvalue weighted by Crippen LogP contribution is -2.56. The Morgan fingerprint density at radius 1 is 1.65 bits per heavy atom. The fourth-order valence-electron chi connectivity index (χ4n) is 2.46. The van der Waals surface area contributed by atoms with Gasteiger partial charge in [0.25, 0.3) is 5.91 Å². The second kappa shape index (κ2) is 5.76. The van der Waals surface area contributed by atoms with E-state index in [2.05, 4.69) is 4.98 Å². The molecule has 2 heterocycles. The molecular formula is C14H21N3O3. The van der Waals surface area contributed by atoms with Gasteiger partial charge < -0.3 is 20.1 Å². The molecule has 2 N–H and O–H groups in total. The van der Waals surface area contributed by atoms with Gasteiger partial charge in [-0.3, -0.25) is 9.78 Å². The van der Waals surface area contributed by atoms with Crippen molar-refractivity contribution in [1.82, 2.24) is 9.88 Å². The highest BCUT2D eigenvalue weighted by Gasteiger charge is 2.35. The van der Waals surface area contributed by atoms with Crippen molar-refractivity contribution in [2.75, 3.05) is 26.7 Å². The number of amides is 1. The van der Waals surface area contributed by atoms with Crippen molar-refractivity contribution in [3.8, 4) is 5.75 Å². The number of hydrogen-bond donors (Lipinski definition) is 1. The van der Waals surface area contributed by atoms with E-state index in [9.17, 15) is 4.79 Å². The van der Waals surface area contributed by atoms with Crippen LogP contribution in [0, 0.1) is 0 Å². The minimum atomic E-state index is -0.405. The summed E-state index contributed by atoms with van der Waals surface area (Å²) in [7, 11) is 1.53. The summed E-state index contributed by atoms with van der Waals surface area (Å²) in [6.07, 6.45) is 2.98. The van der Waals surface area contributed by atoms with Gasteiger partial charge in [-0.25, -0.2) is 0 Å². The Labute approximate surface area is 118 Å². The summed E-state index contributed by atoms with van der Waals surface area (Å²) in [5, 5.41) is 0. The summed E-state index contributed by atoms with van der Waals surface area (Å²) in [5.74, 6) is 0.394. The van der Waals surface area contributed by atoms with Crippen LogP contribution in [0.15, 0.2) is 18.5 Å². The molecule has 2 rings (SSSR count). The number of methoxy groups -OCH3 is 1. The highest BCUT2D eigenvalue weighted by atomic mass is 16.5. The topological polar surface area (TPSA) is 77.7 Å². The number of rotatable bonds is 3. The molecule has 110 valence electrons. The largest absolute Gasteiger partial charge is 0.494 e. The molecular weight excluding hydrogens is 258 g/mol. The second-order valence-electron chi connectivity index (χ2n) is 5.50. The van der Waals surface area contributed by atoms with Gasteiger partial charge in [-0.1, -0.05) is 0 Å². The number of hydrogen-bond acceptors (Lipinski definition) is 5. The Kier molecular flexibility index (Phi) is 4.25. The highest BCUT2D eigenvalue weighted by molar-refractivity contribution is 5.96. The van der Waals surface area contributed by atoms with Gasteiger partial charge in [0.05, 0.1) is 30.6 Å². The predicted molar refractivity (Wildman–Crippen MR) is 74.7 cm³/mol. The lowest BCUT2D eigenvalue weighted by molar-refractivity contribution is -0.122. The molecule has 0 radical (unpaired) electrons. The van der Waals surface area contributed by atoms with Crippen molar-refractivity contribution in [2.45, 2.75) is 25.6 Å². The van der Waals surface area contributed by atoms with E-state index in [0.717, 1.165) is 0 Å². The van der Waals surface area contributed by atoms with Crippen LogP contribution in [0.4, 0.5) is 0 Å². The summed E-state index contributed by atoms with van der Waals surface area (Å²) in [6.45, 7) is 5.32. The molecule has 1 aliphatic rings. The molecule has 0 aromatic carbocycles. The zero-order valence-electron chi connectivity index (χ0n) is 12.1. The molecule has 1 atom stereocenters. The van der Waals surface area contributed by atoms with Crippen LogP contribution in [0.25, 0.3) is 0 Å². The molecule has 1 saturated heterocycles. The van der Waals surface area contributed by atoms with Crippen molar-refractivity contribution in [3.05, 3.63) is 24.0 Å². The van der Waals surface area contributed by atoms with E-state index in [1.54, 1.807) is 23.4 Å². The Morgan fingerprint density at radius 3 is 3.05 bits per heavy atom. The smallest absolute Gasteiger partial charge is 0.257 e. The van der Waals surface area contributed by atoms with E-state index in [4.69, 9.17) is 15.2 Å². The van der Waals surface area contributed by atoms with Crippen LogP contribution < -0.4 is 10.5 Å². The second-order valence-corrected chi connectivity index (χ2v) is 5.50. The van der Waals surface area contributed by atoms with E-state index in [0.29, 0.717) is 30.9 Å². The maximum atomic E-state index is 12.7. The SMILES string of the molecule is COc1cnccc1C(=O)N1CC(CN)OC(C)(C)C1. The van der Waals surface area contributed by atoms with Gasteiger partial charge in [0, 0.05) is 25.8 Å². The summed E-state index contributed by atoms with van der Waals surface area (Å²) >= 11 is 0. The van der Waals surface area contributed by atoms with Crippen LogP contribution in [0.2, 0.25) is 0 Å². The molecule has 0 saturated carbocycles. The molecule has 1 fully saturated rings. The van der Waals surface area contributed by atoms with Crippen molar-refractivity contribution >= 4 is 5.91 Å². The van der Waals surface area contributed by atoms with Gasteiger partial charge in [-0.2, -0.15) is 0 Å². The molecule has 1 amide bonds. The number of pyridine rings is 1. The quantitative estimate of drug-likeness (QED) is 0.880. The number of aromatic nitrogens is 1. The van der Waals surface area contributed by atoms with Gasteiger partial charge in [0.1, 0.15) is 5.75 Å². The lowest BCUT2D eigenvalue weighted by atomic mass is 10.0. The predicted octanol–water partition coefficient (Wildman–Crippen LogP) is 0.668. The number of carbonyl (C=O) groups excluding carboxylic acids is 1. The third-order valence-corrected chi connectivity index (χ3v) is 3.27. The molecule has 6 nitrogen and oxygen atoms in total. The van der Waals surface area contributed by atoms with Crippen LogP contribution >= 0.6 is 0 Å². The Balaban J connectivity index is 2.23. The molecule has 0 spiro atoms. The van der Waals surface area contributed by atoms with E-state index in [1.807, 2.05) is 13.8 Å². The molecule has 1 aromatic rings. The molecule has 0 bridgehead atoms. The Morgan fingerprint density at radius 2 is 2.40 bits per heavy atom. The van der Waals surface area contributed by atoms with Crippen LogP contribution in [-0.2, 0) is 4.74 Å². The Bertz CT molecular complexity index is 490. The molecule has 6 heteroatoms. The zero-order valence-corrected chi connectivity index (χ0v) is 12.1. The number of ether oxygens (including phenoxy) is 2. The first kappa shape index (κ1) is 14.7. The van der Waals surface area contributed by atoms with Gasteiger partial charge >= 0.3 is 0 Å². The fourth-order valence-corrected chi connectivity index (χ4v) is 2.46. The minimum absolute atomic E-state index is 0.0842. The van der Waals surface area contributed by atoms with E-state index < -0.39 is 5.60 Å². The lowest BCUT2D eigenvalue weighted by Gasteiger charge is -2.42. The maximum Gasteiger partial charge on any atom is 0.257 e. The third-order valence-electron chi connectivity index (χ3n) is 3.27. The maximum absolute atomic E-state index is 12.7. The van der Waals surface area contributed by atoms with Gasteiger partial charge in [-0.15, -0.1) is 0 Å². The fraction of sp³-hybridized carbons (Fsp3) is 0.571. The van der Waals surface area contributed by atoms with Crippen LogP contribution in [-0.4, -0.2) is 54.2 Å². The van der Waals surface area contributed by atoms with E-state index >= 15 is 0 Å². The molecule has 1 aromatic heterocycles. The summed E-state index contributed by atoms with van der Waals surface area (Å²) in [5.41, 5.74) is 5.79. The first-order valence-corrected chi connectivity index (χ1v) is 6.62. The monoisotopic (exact) mass is 279 g/mol.